The van der Waals surface area contributed by atoms with Gasteiger partial charge in [-0.15, -0.1) is 0 Å². The molecule has 0 aromatic heterocycles. The van der Waals surface area contributed by atoms with Crippen molar-refractivity contribution >= 4 is 17.3 Å². The number of piperidine rings is 1. The number of hydrogen-bond acceptors (Lipinski definition) is 4. The minimum absolute atomic E-state index is 0.114. The fraction of sp³-hybridized carbons (Fsp3) is 0.588. The van der Waals surface area contributed by atoms with Gasteiger partial charge in [0.1, 0.15) is 11.9 Å². The van der Waals surface area contributed by atoms with Crippen LogP contribution in [0, 0.1) is 0 Å². The normalized spacial score (nSPS) is 21.2. The molecule has 1 amide bonds. The standard InChI is InChI=1S/C17H25N3O2/c1-2-14-11-20(12-17(21)19-8-4-3-5-9-19)15-7-6-13(18)10-16(15)22-14/h6-7,10,14H,2-5,8-9,11-12,18H2,1H3. The van der Waals surface area contributed by atoms with Gasteiger partial charge in [-0.3, -0.25) is 4.79 Å². The van der Waals surface area contributed by atoms with Gasteiger partial charge in [0, 0.05) is 24.8 Å². The molecule has 0 aliphatic carbocycles. The number of nitrogen functional groups attached to an aromatic ring is 1. The zero-order chi connectivity index (χ0) is 15.5. The van der Waals surface area contributed by atoms with Gasteiger partial charge >= 0.3 is 0 Å². The molecule has 3 rings (SSSR count). The van der Waals surface area contributed by atoms with Crippen LogP contribution >= 0.6 is 0 Å². The van der Waals surface area contributed by atoms with E-state index >= 15 is 0 Å². The Morgan fingerprint density at radius 2 is 2.09 bits per heavy atom. The van der Waals surface area contributed by atoms with Crippen molar-refractivity contribution in [3.63, 3.8) is 0 Å². The van der Waals surface area contributed by atoms with Gasteiger partial charge < -0.3 is 20.3 Å². The van der Waals surface area contributed by atoms with Crippen LogP contribution in [0.15, 0.2) is 18.2 Å². The van der Waals surface area contributed by atoms with Gasteiger partial charge in [-0.25, -0.2) is 0 Å². The highest BCUT2D eigenvalue weighted by molar-refractivity contribution is 5.83. The third kappa shape index (κ3) is 3.13. The van der Waals surface area contributed by atoms with Gasteiger partial charge in [0.25, 0.3) is 0 Å². The van der Waals surface area contributed by atoms with E-state index in [1.807, 2.05) is 23.1 Å². The number of ether oxygens (including phenoxy) is 1. The largest absolute Gasteiger partial charge is 0.486 e. The summed E-state index contributed by atoms with van der Waals surface area (Å²) >= 11 is 0. The first kappa shape index (κ1) is 15.0. The summed E-state index contributed by atoms with van der Waals surface area (Å²) in [5.74, 6) is 1.02. The Morgan fingerprint density at radius 1 is 1.32 bits per heavy atom. The molecule has 2 N–H and O–H groups in total. The lowest BCUT2D eigenvalue weighted by Crippen LogP contribution is -2.47. The lowest BCUT2D eigenvalue weighted by molar-refractivity contribution is -0.130. The van der Waals surface area contributed by atoms with Gasteiger partial charge in [-0.05, 0) is 37.8 Å². The van der Waals surface area contributed by atoms with Crippen LogP contribution in [-0.2, 0) is 4.79 Å². The molecule has 1 aromatic carbocycles. The van der Waals surface area contributed by atoms with Crippen LogP contribution < -0.4 is 15.4 Å². The number of carbonyl (C=O) groups is 1. The van der Waals surface area contributed by atoms with Crippen molar-refractivity contribution in [3.05, 3.63) is 18.2 Å². The summed E-state index contributed by atoms with van der Waals surface area (Å²) in [4.78, 5) is 16.7. The van der Waals surface area contributed by atoms with E-state index < -0.39 is 0 Å². The van der Waals surface area contributed by atoms with Gasteiger partial charge in [0.05, 0.1) is 18.8 Å². The van der Waals surface area contributed by atoms with E-state index in [1.54, 1.807) is 0 Å². The lowest BCUT2D eigenvalue weighted by Gasteiger charge is -2.37. The predicted octanol–water partition coefficient (Wildman–Crippen LogP) is 2.26. The highest BCUT2D eigenvalue weighted by Crippen LogP contribution is 2.35. The Bertz CT molecular complexity index is 541. The molecule has 120 valence electrons. The molecule has 0 spiro atoms. The fourth-order valence-corrected chi connectivity index (χ4v) is 3.22. The van der Waals surface area contributed by atoms with Crippen LogP contribution in [0.3, 0.4) is 0 Å². The minimum Gasteiger partial charge on any atom is -0.486 e. The highest BCUT2D eigenvalue weighted by Gasteiger charge is 2.28. The summed E-state index contributed by atoms with van der Waals surface area (Å²) in [6, 6.07) is 5.68. The second-order valence-corrected chi connectivity index (χ2v) is 6.20. The Balaban J connectivity index is 1.76. The number of anilines is 2. The minimum atomic E-state index is 0.114. The van der Waals surface area contributed by atoms with Crippen molar-refractivity contribution in [2.45, 2.75) is 38.7 Å². The summed E-state index contributed by atoms with van der Waals surface area (Å²) in [7, 11) is 0. The van der Waals surface area contributed by atoms with E-state index in [2.05, 4.69) is 11.8 Å². The fourth-order valence-electron chi connectivity index (χ4n) is 3.22. The molecular formula is C17H25N3O2. The molecule has 5 heteroatoms. The molecule has 0 saturated carbocycles. The first-order valence-electron chi connectivity index (χ1n) is 8.26. The Labute approximate surface area is 132 Å². The van der Waals surface area contributed by atoms with Crippen LogP contribution in [-0.4, -0.2) is 43.1 Å². The molecular weight excluding hydrogens is 278 g/mol. The first-order valence-corrected chi connectivity index (χ1v) is 8.26. The van der Waals surface area contributed by atoms with Crippen LogP contribution in [0.25, 0.3) is 0 Å². The number of rotatable bonds is 3. The van der Waals surface area contributed by atoms with E-state index in [1.165, 1.54) is 6.42 Å². The SMILES string of the molecule is CCC1CN(CC(=O)N2CCCCC2)c2ccc(N)cc2O1. The van der Waals surface area contributed by atoms with Gasteiger partial charge in [-0.1, -0.05) is 6.92 Å². The number of nitrogens with two attached hydrogens (primary N) is 1. The van der Waals surface area contributed by atoms with E-state index in [-0.39, 0.29) is 12.0 Å². The van der Waals surface area contributed by atoms with Crippen LogP contribution in [0.1, 0.15) is 32.6 Å². The zero-order valence-corrected chi connectivity index (χ0v) is 13.3. The number of nitrogens with zero attached hydrogens (tertiary/aromatic N) is 2. The molecule has 0 bridgehead atoms. The van der Waals surface area contributed by atoms with Crippen molar-refractivity contribution in [1.82, 2.24) is 4.90 Å². The third-order valence-corrected chi connectivity index (χ3v) is 4.53. The van der Waals surface area contributed by atoms with Crippen molar-refractivity contribution in [3.8, 4) is 5.75 Å². The summed E-state index contributed by atoms with van der Waals surface area (Å²) < 4.78 is 5.97. The Morgan fingerprint density at radius 3 is 2.82 bits per heavy atom. The Kier molecular flexibility index (Phi) is 4.41. The molecule has 5 nitrogen and oxygen atoms in total. The molecule has 0 radical (unpaired) electrons. The number of amides is 1. The quantitative estimate of drug-likeness (QED) is 0.870. The lowest BCUT2D eigenvalue weighted by atomic mass is 10.1. The smallest absolute Gasteiger partial charge is 0.242 e. The highest BCUT2D eigenvalue weighted by atomic mass is 16.5. The van der Waals surface area contributed by atoms with Crippen LogP contribution in [0.4, 0.5) is 11.4 Å². The van der Waals surface area contributed by atoms with Crippen molar-refractivity contribution in [2.75, 3.05) is 36.8 Å². The second-order valence-electron chi connectivity index (χ2n) is 6.20. The number of likely N-dealkylation sites (tertiary alicyclic amines) is 1. The molecule has 1 unspecified atom stereocenters. The summed E-state index contributed by atoms with van der Waals surface area (Å²) in [6.07, 6.45) is 4.52. The molecule has 1 saturated heterocycles. The summed E-state index contributed by atoms with van der Waals surface area (Å²) in [5, 5.41) is 0. The average Bonchev–Trinajstić information content (AvgIpc) is 2.55. The van der Waals surface area contributed by atoms with E-state index in [4.69, 9.17) is 10.5 Å². The zero-order valence-electron chi connectivity index (χ0n) is 13.3. The molecule has 1 fully saturated rings. The van der Waals surface area contributed by atoms with Crippen molar-refractivity contribution in [1.29, 1.82) is 0 Å². The molecule has 1 aromatic rings. The number of carbonyl (C=O) groups excluding carboxylic acids is 1. The Hall–Kier alpha value is -1.91. The molecule has 1 atom stereocenters. The van der Waals surface area contributed by atoms with E-state index in [0.29, 0.717) is 12.2 Å². The van der Waals surface area contributed by atoms with E-state index in [9.17, 15) is 4.79 Å². The number of fused-ring (bicyclic) bond motifs is 1. The monoisotopic (exact) mass is 303 g/mol. The van der Waals surface area contributed by atoms with Gasteiger partial charge in [-0.2, -0.15) is 0 Å². The maximum absolute atomic E-state index is 12.6. The van der Waals surface area contributed by atoms with Crippen LogP contribution in [0.2, 0.25) is 0 Å². The maximum atomic E-state index is 12.6. The number of benzene rings is 1. The van der Waals surface area contributed by atoms with Crippen molar-refractivity contribution in [2.24, 2.45) is 0 Å². The number of hydrogen-bond donors (Lipinski definition) is 1. The summed E-state index contributed by atoms with van der Waals surface area (Å²) in [5.41, 5.74) is 7.53. The molecule has 2 heterocycles. The first-order chi connectivity index (χ1) is 10.7. The molecule has 2 aliphatic rings. The molecule has 22 heavy (non-hydrogen) atoms. The van der Waals surface area contributed by atoms with Crippen LogP contribution in [0.5, 0.6) is 5.75 Å². The van der Waals surface area contributed by atoms with Gasteiger partial charge in [0.2, 0.25) is 5.91 Å². The maximum Gasteiger partial charge on any atom is 0.242 e. The topological polar surface area (TPSA) is 58.8 Å². The van der Waals surface area contributed by atoms with Crippen molar-refractivity contribution < 1.29 is 9.53 Å². The summed E-state index contributed by atoms with van der Waals surface area (Å²) in [6.45, 7) is 5.08. The molecule has 2 aliphatic heterocycles. The second kappa shape index (κ2) is 6.46. The third-order valence-electron chi connectivity index (χ3n) is 4.53. The van der Waals surface area contributed by atoms with E-state index in [0.717, 1.165) is 50.3 Å². The predicted molar refractivity (Wildman–Crippen MR) is 88.2 cm³/mol. The van der Waals surface area contributed by atoms with Gasteiger partial charge in [0.15, 0.2) is 0 Å². The average molecular weight is 303 g/mol.